The van der Waals surface area contributed by atoms with Gasteiger partial charge in [-0.1, -0.05) is 0 Å². The third-order valence-corrected chi connectivity index (χ3v) is 2.30. The highest BCUT2D eigenvalue weighted by Gasteiger charge is 2.06. The molecule has 1 rings (SSSR count). The number of nitrogens with zero attached hydrogens (tertiary/aromatic N) is 1. The van der Waals surface area contributed by atoms with Gasteiger partial charge in [-0.25, -0.2) is 0 Å². The Hall–Kier alpha value is -2.10. The van der Waals surface area contributed by atoms with Crippen LogP contribution in [0.25, 0.3) is 0 Å². The lowest BCUT2D eigenvalue weighted by atomic mass is 10.2. The molecule has 0 aliphatic rings. The van der Waals surface area contributed by atoms with Crippen molar-refractivity contribution in [3.63, 3.8) is 0 Å². The fourth-order valence-corrected chi connectivity index (χ4v) is 1.29. The summed E-state index contributed by atoms with van der Waals surface area (Å²) in [5, 5.41) is 21.0. The van der Waals surface area contributed by atoms with E-state index in [0.717, 1.165) is 0 Å². The summed E-state index contributed by atoms with van der Waals surface area (Å²) in [6.07, 6.45) is -0.736. The monoisotopic (exact) mass is 264 g/mol. The molecule has 1 aromatic rings. The highest BCUT2D eigenvalue weighted by Crippen LogP contribution is 2.11. The van der Waals surface area contributed by atoms with Gasteiger partial charge in [-0.05, 0) is 24.3 Å². The summed E-state index contributed by atoms with van der Waals surface area (Å²) in [6.45, 7) is 0.371. The maximum Gasteiger partial charge on any atom is 0.319 e. The van der Waals surface area contributed by atoms with Crippen LogP contribution >= 0.6 is 0 Å². The quantitative estimate of drug-likeness (QED) is 0.677. The molecule has 19 heavy (non-hydrogen) atoms. The highest BCUT2D eigenvalue weighted by atomic mass is 16.5. The van der Waals surface area contributed by atoms with Crippen LogP contribution in [-0.4, -0.2) is 44.0 Å². The average Bonchev–Trinajstić information content (AvgIpc) is 2.45. The van der Waals surface area contributed by atoms with E-state index in [2.05, 4.69) is 10.1 Å². The Balaban J connectivity index is 2.24. The van der Waals surface area contributed by atoms with Crippen molar-refractivity contribution in [1.82, 2.24) is 5.32 Å². The first kappa shape index (κ1) is 15.0. The van der Waals surface area contributed by atoms with Crippen molar-refractivity contribution in [1.29, 1.82) is 5.26 Å². The van der Waals surface area contributed by atoms with Crippen molar-refractivity contribution in [3.05, 3.63) is 29.8 Å². The summed E-state index contributed by atoms with van der Waals surface area (Å²) < 4.78 is 9.78. The first-order valence-electron chi connectivity index (χ1n) is 5.74. The molecule has 0 saturated heterocycles. The van der Waals surface area contributed by atoms with Crippen molar-refractivity contribution in [2.45, 2.75) is 6.10 Å². The van der Waals surface area contributed by atoms with Crippen molar-refractivity contribution >= 4 is 5.97 Å². The van der Waals surface area contributed by atoms with E-state index in [9.17, 15) is 9.90 Å². The predicted molar refractivity (Wildman–Crippen MR) is 67.5 cm³/mol. The maximum atomic E-state index is 10.8. The number of ether oxygens (including phenoxy) is 2. The Morgan fingerprint density at radius 2 is 2.16 bits per heavy atom. The van der Waals surface area contributed by atoms with Gasteiger partial charge in [0.2, 0.25) is 0 Å². The van der Waals surface area contributed by atoms with Crippen LogP contribution in [0.15, 0.2) is 24.3 Å². The fourth-order valence-electron chi connectivity index (χ4n) is 1.29. The van der Waals surface area contributed by atoms with Gasteiger partial charge in [0.05, 0.1) is 25.3 Å². The van der Waals surface area contributed by atoms with E-state index in [0.29, 0.717) is 11.3 Å². The van der Waals surface area contributed by atoms with Crippen LogP contribution in [0.4, 0.5) is 0 Å². The Bertz CT molecular complexity index is 439. The molecule has 0 saturated carbocycles. The normalized spacial score (nSPS) is 11.4. The summed E-state index contributed by atoms with van der Waals surface area (Å²) in [7, 11) is 1.30. The SMILES string of the molecule is COC(=O)CNCC(O)COc1ccc(C#N)cc1. The molecule has 0 fully saturated rings. The van der Waals surface area contributed by atoms with Crippen LogP contribution in [0.3, 0.4) is 0 Å². The number of hydrogen-bond donors (Lipinski definition) is 2. The molecule has 0 spiro atoms. The Morgan fingerprint density at radius 1 is 1.47 bits per heavy atom. The summed E-state index contributed by atoms with van der Waals surface area (Å²) in [6, 6.07) is 8.60. The smallest absolute Gasteiger partial charge is 0.319 e. The van der Waals surface area contributed by atoms with E-state index in [1.165, 1.54) is 7.11 Å². The van der Waals surface area contributed by atoms with Gasteiger partial charge in [-0.15, -0.1) is 0 Å². The molecule has 6 nitrogen and oxygen atoms in total. The molecule has 0 aromatic heterocycles. The topological polar surface area (TPSA) is 91.6 Å². The Kier molecular flexibility index (Phi) is 6.36. The van der Waals surface area contributed by atoms with Crippen molar-refractivity contribution < 1.29 is 19.4 Å². The second-order valence-electron chi connectivity index (χ2n) is 3.81. The van der Waals surface area contributed by atoms with Gasteiger partial charge in [0.1, 0.15) is 18.5 Å². The average molecular weight is 264 g/mol. The lowest BCUT2D eigenvalue weighted by Crippen LogP contribution is -2.34. The molecule has 2 N–H and O–H groups in total. The second kappa shape index (κ2) is 8.08. The lowest BCUT2D eigenvalue weighted by molar-refractivity contribution is -0.139. The number of carbonyl (C=O) groups excluding carboxylic acids is 1. The molecule has 0 heterocycles. The molecule has 0 aliphatic heterocycles. The molecule has 1 atom stereocenters. The van der Waals surface area contributed by atoms with Gasteiger partial charge >= 0.3 is 5.97 Å². The minimum absolute atomic E-state index is 0.0461. The molecule has 0 aliphatic carbocycles. The van der Waals surface area contributed by atoms with Crippen LogP contribution in [0, 0.1) is 11.3 Å². The number of esters is 1. The largest absolute Gasteiger partial charge is 0.491 e. The van der Waals surface area contributed by atoms with E-state index in [1.807, 2.05) is 6.07 Å². The molecule has 1 aromatic carbocycles. The van der Waals surface area contributed by atoms with Crippen LogP contribution in [0.1, 0.15) is 5.56 Å². The molecular weight excluding hydrogens is 248 g/mol. The van der Waals surface area contributed by atoms with E-state index in [1.54, 1.807) is 24.3 Å². The number of hydrogen-bond acceptors (Lipinski definition) is 6. The number of aliphatic hydroxyl groups is 1. The van der Waals surface area contributed by atoms with Crippen LogP contribution in [0.5, 0.6) is 5.75 Å². The van der Waals surface area contributed by atoms with Gasteiger partial charge in [0.25, 0.3) is 0 Å². The predicted octanol–water partition coefficient (Wildman–Crippen LogP) is 0.0606. The first-order valence-corrected chi connectivity index (χ1v) is 5.74. The second-order valence-corrected chi connectivity index (χ2v) is 3.81. The minimum atomic E-state index is -0.736. The van der Waals surface area contributed by atoms with Crippen LogP contribution < -0.4 is 10.1 Å². The standard InChI is InChI=1S/C13H16N2O4/c1-18-13(17)8-15-7-11(16)9-19-12-4-2-10(6-14)3-5-12/h2-5,11,15-16H,7-9H2,1H3. The van der Waals surface area contributed by atoms with Gasteiger partial charge in [-0.2, -0.15) is 5.26 Å². The summed E-state index contributed by atoms with van der Waals surface area (Å²) in [5.74, 6) is 0.186. The third kappa shape index (κ3) is 5.86. The van der Waals surface area contributed by atoms with Crippen molar-refractivity contribution in [2.24, 2.45) is 0 Å². The zero-order valence-corrected chi connectivity index (χ0v) is 10.6. The van der Waals surface area contributed by atoms with Gasteiger partial charge in [-0.3, -0.25) is 4.79 Å². The van der Waals surface area contributed by atoms with Gasteiger partial charge in [0, 0.05) is 6.54 Å². The summed E-state index contributed by atoms with van der Waals surface area (Å²) >= 11 is 0. The first-order chi connectivity index (χ1) is 9.15. The zero-order chi connectivity index (χ0) is 14.1. The Morgan fingerprint density at radius 3 is 2.74 bits per heavy atom. The molecule has 0 bridgehead atoms. The van der Waals surface area contributed by atoms with E-state index < -0.39 is 6.10 Å². The molecule has 0 amide bonds. The van der Waals surface area contributed by atoms with Crippen molar-refractivity contribution in [3.8, 4) is 11.8 Å². The Labute approximate surface area is 111 Å². The summed E-state index contributed by atoms with van der Waals surface area (Å²) in [5.41, 5.74) is 0.549. The number of nitriles is 1. The minimum Gasteiger partial charge on any atom is -0.491 e. The van der Waals surface area contributed by atoms with E-state index >= 15 is 0 Å². The van der Waals surface area contributed by atoms with Gasteiger partial charge in [0.15, 0.2) is 0 Å². The number of aliphatic hydroxyl groups excluding tert-OH is 1. The fraction of sp³-hybridized carbons (Fsp3) is 0.385. The van der Waals surface area contributed by atoms with Crippen LogP contribution in [-0.2, 0) is 9.53 Å². The molecular formula is C13H16N2O4. The van der Waals surface area contributed by atoms with Crippen molar-refractivity contribution in [2.75, 3.05) is 26.8 Å². The van der Waals surface area contributed by atoms with Gasteiger partial charge < -0.3 is 19.9 Å². The zero-order valence-electron chi connectivity index (χ0n) is 10.6. The number of methoxy groups -OCH3 is 1. The van der Waals surface area contributed by atoms with E-state index in [-0.39, 0.29) is 25.7 Å². The lowest BCUT2D eigenvalue weighted by Gasteiger charge is -2.12. The molecule has 102 valence electrons. The molecule has 1 unspecified atom stereocenters. The van der Waals surface area contributed by atoms with E-state index in [4.69, 9.17) is 10.00 Å². The molecule has 0 radical (unpaired) electrons. The summed E-state index contributed by atoms with van der Waals surface area (Å²) in [4.78, 5) is 10.8. The number of nitrogens with one attached hydrogen (secondary N) is 1. The number of rotatable bonds is 7. The third-order valence-electron chi connectivity index (χ3n) is 2.30. The molecule has 6 heteroatoms. The number of carbonyl (C=O) groups is 1. The van der Waals surface area contributed by atoms with Crippen LogP contribution in [0.2, 0.25) is 0 Å². The number of benzene rings is 1. The maximum absolute atomic E-state index is 10.8. The highest BCUT2D eigenvalue weighted by molar-refractivity contribution is 5.71.